The predicted molar refractivity (Wildman–Crippen MR) is 86.6 cm³/mol. The first-order chi connectivity index (χ1) is 10.0. The molecule has 118 valence electrons. The molecule has 21 heavy (non-hydrogen) atoms. The number of nitrogens with zero attached hydrogens (tertiary/aromatic N) is 2. The van der Waals surface area contributed by atoms with Gasteiger partial charge < -0.3 is 15.7 Å². The molecular weight excluding hydrogens is 264 g/mol. The van der Waals surface area contributed by atoms with Crippen molar-refractivity contribution in [2.24, 2.45) is 5.92 Å². The van der Waals surface area contributed by atoms with Gasteiger partial charge in [-0.15, -0.1) is 0 Å². The van der Waals surface area contributed by atoms with Crippen LogP contribution in [0.3, 0.4) is 0 Å². The smallest absolute Gasteiger partial charge is 0.224 e. The molecule has 0 radical (unpaired) electrons. The fourth-order valence-electron chi connectivity index (χ4n) is 2.98. The summed E-state index contributed by atoms with van der Waals surface area (Å²) in [4.78, 5) is 8.78. The Morgan fingerprint density at radius 2 is 2.24 bits per heavy atom. The predicted octanol–water partition coefficient (Wildman–Crippen LogP) is 2.96. The molecule has 1 heterocycles. The van der Waals surface area contributed by atoms with Gasteiger partial charge in [0.05, 0.1) is 5.60 Å². The van der Waals surface area contributed by atoms with Crippen LogP contribution < -0.4 is 10.6 Å². The number of aromatic nitrogens is 2. The van der Waals surface area contributed by atoms with E-state index in [0.717, 1.165) is 43.6 Å². The minimum atomic E-state index is -0.605. The van der Waals surface area contributed by atoms with Crippen molar-refractivity contribution in [3.8, 4) is 0 Å². The van der Waals surface area contributed by atoms with Crippen LogP contribution in [0.15, 0.2) is 6.20 Å². The molecule has 2 atom stereocenters. The van der Waals surface area contributed by atoms with Crippen LogP contribution in [-0.4, -0.2) is 33.8 Å². The van der Waals surface area contributed by atoms with E-state index in [2.05, 4.69) is 34.4 Å². The summed E-state index contributed by atoms with van der Waals surface area (Å²) in [6.45, 7) is 7.73. The summed E-state index contributed by atoms with van der Waals surface area (Å²) >= 11 is 0. The standard InChI is InChI=1S/C16H28N4O/c1-4-8-17-15-18-10-13(3)14(20-15)19-11-16(21)7-5-6-12(2)9-16/h10,12,21H,4-9,11H2,1-3H3,(H2,17,18,19,20). The van der Waals surface area contributed by atoms with Gasteiger partial charge in [-0.05, 0) is 32.1 Å². The number of hydrogen-bond donors (Lipinski definition) is 3. The SMILES string of the molecule is CCCNc1ncc(C)c(NCC2(O)CCCC(C)C2)n1. The number of aryl methyl sites for hydroxylation is 1. The van der Waals surface area contributed by atoms with Crippen molar-refractivity contribution >= 4 is 11.8 Å². The molecule has 1 aliphatic rings. The molecule has 1 aromatic heterocycles. The molecule has 5 heteroatoms. The van der Waals surface area contributed by atoms with Crippen LogP contribution in [0, 0.1) is 12.8 Å². The second-order valence-corrected chi connectivity index (χ2v) is 6.43. The molecule has 0 amide bonds. The van der Waals surface area contributed by atoms with Gasteiger partial charge in [-0.25, -0.2) is 4.98 Å². The highest BCUT2D eigenvalue weighted by Crippen LogP contribution is 2.32. The zero-order valence-electron chi connectivity index (χ0n) is 13.4. The Morgan fingerprint density at radius 3 is 2.95 bits per heavy atom. The van der Waals surface area contributed by atoms with E-state index in [4.69, 9.17) is 0 Å². The fraction of sp³-hybridized carbons (Fsp3) is 0.750. The van der Waals surface area contributed by atoms with E-state index >= 15 is 0 Å². The average Bonchev–Trinajstić information content (AvgIpc) is 2.45. The number of rotatable bonds is 6. The summed E-state index contributed by atoms with van der Waals surface area (Å²) in [6, 6.07) is 0. The molecule has 0 bridgehead atoms. The summed E-state index contributed by atoms with van der Waals surface area (Å²) in [5.41, 5.74) is 0.399. The van der Waals surface area contributed by atoms with Crippen LogP contribution >= 0.6 is 0 Å². The zero-order valence-corrected chi connectivity index (χ0v) is 13.4. The molecule has 0 aliphatic heterocycles. The third-order valence-corrected chi connectivity index (χ3v) is 4.16. The second kappa shape index (κ2) is 7.07. The molecule has 1 aliphatic carbocycles. The van der Waals surface area contributed by atoms with E-state index in [-0.39, 0.29) is 0 Å². The van der Waals surface area contributed by atoms with Crippen LogP contribution in [0.25, 0.3) is 0 Å². The van der Waals surface area contributed by atoms with Crippen LogP contribution in [0.5, 0.6) is 0 Å². The summed E-state index contributed by atoms with van der Waals surface area (Å²) in [5.74, 6) is 2.06. The van der Waals surface area contributed by atoms with E-state index < -0.39 is 5.60 Å². The lowest BCUT2D eigenvalue weighted by Crippen LogP contribution is -2.41. The summed E-state index contributed by atoms with van der Waals surface area (Å²) in [6.07, 6.45) is 6.92. The van der Waals surface area contributed by atoms with Crippen LogP contribution in [0.4, 0.5) is 11.8 Å². The molecule has 0 aromatic carbocycles. The minimum Gasteiger partial charge on any atom is -0.388 e. The van der Waals surface area contributed by atoms with Gasteiger partial charge in [0.2, 0.25) is 5.95 Å². The van der Waals surface area contributed by atoms with Gasteiger partial charge in [-0.1, -0.05) is 26.7 Å². The summed E-state index contributed by atoms with van der Waals surface area (Å²) in [5, 5.41) is 17.2. The Labute approximate surface area is 127 Å². The first kappa shape index (κ1) is 16.0. The third kappa shape index (κ3) is 4.56. The average molecular weight is 292 g/mol. The molecular formula is C16H28N4O. The molecule has 1 fully saturated rings. The highest BCUT2D eigenvalue weighted by Gasteiger charge is 2.32. The topological polar surface area (TPSA) is 70.1 Å². The maximum absolute atomic E-state index is 10.7. The van der Waals surface area contributed by atoms with Crippen molar-refractivity contribution in [2.75, 3.05) is 23.7 Å². The highest BCUT2D eigenvalue weighted by atomic mass is 16.3. The van der Waals surface area contributed by atoms with Gasteiger partial charge >= 0.3 is 0 Å². The van der Waals surface area contributed by atoms with E-state index in [1.165, 1.54) is 6.42 Å². The maximum atomic E-state index is 10.7. The Bertz CT molecular complexity index is 466. The van der Waals surface area contributed by atoms with Crippen LogP contribution in [0.1, 0.15) is 51.5 Å². The molecule has 5 nitrogen and oxygen atoms in total. The monoisotopic (exact) mass is 292 g/mol. The third-order valence-electron chi connectivity index (χ3n) is 4.16. The number of anilines is 2. The lowest BCUT2D eigenvalue weighted by molar-refractivity contribution is -0.000833. The van der Waals surface area contributed by atoms with Gasteiger partial charge in [0.1, 0.15) is 5.82 Å². The summed E-state index contributed by atoms with van der Waals surface area (Å²) in [7, 11) is 0. The summed E-state index contributed by atoms with van der Waals surface area (Å²) < 4.78 is 0. The van der Waals surface area contributed by atoms with Crippen molar-refractivity contribution in [1.82, 2.24) is 9.97 Å². The lowest BCUT2D eigenvalue weighted by atomic mass is 9.79. The Balaban J connectivity index is 1.98. The largest absolute Gasteiger partial charge is 0.388 e. The van der Waals surface area contributed by atoms with Gasteiger partial charge in [-0.2, -0.15) is 4.98 Å². The van der Waals surface area contributed by atoms with Gasteiger partial charge in [-0.3, -0.25) is 0 Å². The number of hydrogen-bond acceptors (Lipinski definition) is 5. The van der Waals surface area contributed by atoms with Crippen molar-refractivity contribution in [1.29, 1.82) is 0 Å². The zero-order chi connectivity index (χ0) is 15.3. The molecule has 0 spiro atoms. The van der Waals surface area contributed by atoms with E-state index in [1.54, 1.807) is 0 Å². The quantitative estimate of drug-likeness (QED) is 0.752. The highest BCUT2D eigenvalue weighted by molar-refractivity contribution is 5.46. The molecule has 1 aromatic rings. The maximum Gasteiger partial charge on any atom is 0.224 e. The van der Waals surface area contributed by atoms with Crippen LogP contribution in [-0.2, 0) is 0 Å². The fourth-order valence-corrected chi connectivity index (χ4v) is 2.98. The molecule has 0 saturated heterocycles. The second-order valence-electron chi connectivity index (χ2n) is 6.43. The number of nitrogens with one attached hydrogen (secondary N) is 2. The normalized spacial score (nSPS) is 25.6. The van der Waals surface area contributed by atoms with E-state index in [9.17, 15) is 5.11 Å². The van der Waals surface area contributed by atoms with Crippen LogP contribution in [0.2, 0.25) is 0 Å². The number of aliphatic hydroxyl groups is 1. The Kier molecular flexibility index (Phi) is 5.39. The van der Waals surface area contributed by atoms with E-state index in [0.29, 0.717) is 18.4 Å². The Morgan fingerprint density at radius 1 is 1.43 bits per heavy atom. The van der Waals surface area contributed by atoms with Crippen molar-refractivity contribution in [3.63, 3.8) is 0 Å². The van der Waals surface area contributed by atoms with Crippen molar-refractivity contribution in [2.45, 2.75) is 58.5 Å². The van der Waals surface area contributed by atoms with Gasteiger partial charge in [0.15, 0.2) is 0 Å². The molecule has 2 unspecified atom stereocenters. The molecule has 3 N–H and O–H groups in total. The minimum absolute atomic E-state index is 0.558. The van der Waals surface area contributed by atoms with Crippen molar-refractivity contribution in [3.05, 3.63) is 11.8 Å². The van der Waals surface area contributed by atoms with Gasteiger partial charge in [0.25, 0.3) is 0 Å². The molecule has 1 saturated carbocycles. The first-order valence-electron chi connectivity index (χ1n) is 8.06. The van der Waals surface area contributed by atoms with Gasteiger partial charge in [0, 0.05) is 24.8 Å². The lowest BCUT2D eigenvalue weighted by Gasteiger charge is -2.35. The van der Waals surface area contributed by atoms with Crippen molar-refractivity contribution < 1.29 is 5.11 Å². The molecule has 2 rings (SSSR count). The Hall–Kier alpha value is -1.36. The first-order valence-corrected chi connectivity index (χ1v) is 8.06. The van der Waals surface area contributed by atoms with E-state index in [1.807, 2.05) is 13.1 Å².